The van der Waals surface area contributed by atoms with Crippen molar-refractivity contribution in [1.82, 2.24) is 5.32 Å². The van der Waals surface area contributed by atoms with Crippen LogP contribution in [-0.4, -0.2) is 6.54 Å². The number of nitrogens with one attached hydrogen (secondary N) is 1. The summed E-state index contributed by atoms with van der Waals surface area (Å²) in [5.41, 5.74) is 2.85. The molecule has 1 N–H and O–H groups in total. The van der Waals surface area contributed by atoms with Crippen LogP contribution in [0.2, 0.25) is 0 Å². The lowest BCUT2D eigenvalue weighted by Gasteiger charge is -2.37. The van der Waals surface area contributed by atoms with E-state index in [4.69, 9.17) is 0 Å². The summed E-state index contributed by atoms with van der Waals surface area (Å²) in [5.74, 6) is 2.56. The average molecular weight is 259 g/mol. The third-order valence-corrected chi connectivity index (χ3v) is 4.94. The first-order valence-corrected chi connectivity index (χ1v) is 7.91. The SMILES string of the molecule is CCNC(c1cccc(C)c1)C1CCC(C)C(C)C1. The summed E-state index contributed by atoms with van der Waals surface area (Å²) < 4.78 is 0. The van der Waals surface area contributed by atoms with Gasteiger partial charge in [-0.15, -0.1) is 0 Å². The Morgan fingerprint density at radius 1 is 1.21 bits per heavy atom. The smallest absolute Gasteiger partial charge is 0.0348 e. The van der Waals surface area contributed by atoms with Gasteiger partial charge < -0.3 is 5.32 Å². The van der Waals surface area contributed by atoms with Gasteiger partial charge in [-0.2, -0.15) is 0 Å². The second-order valence-corrected chi connectivity index (χ2v) is 6.48. The van der Waals surface area contributed by atoms with E-state index in [9.17, 15) is 0 Å². The lowest BCUT2D eigenvalue weighted by Crippen LogP contribution is -2.33. The highest BCUT2D eigenvalue weighted by atomic mass is 14.9. The highest BCUT2D eigenvalue weighted by molar-refractivity contribution is 5.25. The zero-order chi connectivity index (χ0) is 13.8. The molecule has 1 nitrogen and oxygen atoms in total. The Labute approximate surface area is 118 Å². The predicted octanol–water partition coefficient (Wildman–Crippen LogP) is 4.72. The van der Waals surface area contributed by atoms with E-state index < -0.39 is 0 Å². The Balaban J connectivity index is 2.16. The maximum Gasteiger partial charge on any atom is 0.0348 e. The number of hydrogen-bond acceptors (Lipinski definition) is 1. The summed E-state index contributed by atoms with van der Waals surface area (Å²) in [4.78, 5) is 0. The van der Waals surface area contributed by atoms with Gasteiger partial charge in [-0.05, 0) is 49.6 Å². The highest BCUT2D eigenvalue weighted by Gasteiger charge is 2.30. The largest absolute Gasteiger partial charge is 0.310 e. The molecule has 0 radical (unpaired) electrons. The van der Waals surface area contributed by atoms with Crippen molar-refractivity contribution in [3.63, 3.8) is 0 Å². The van der Waals surface area contributed by atoms with Gasteiger partial charge in [0, 0.05) is 6.04 Å². The molecule has 106 valence electrons. The van der Waals surface area contributed by atoms with E-state index >= 15 is 0 Å². The fourth-order valence-corrected chi connectivity index (χ4v) is 3.53. The minimum atomic E-state index is 0.542. The monoisotopic (exact) mass is 259 g/mol. The molecule has 4 unspecified atom stereocenters. The molecule has 0 bridgehead atoms. The molecule has 1 saturated carbocycles. The molecule has 1 aromatic rings. The van der Waals surface area contributed by atoms with Gasteiger partial charge in [0.15, 0.2) is 0 Å². The van der Waals surface area contributed by atoms with E-state index in [1.54, 1.807) is 0 Å². The van der Waals surface area contributed by atoms with Crippen molar-refractivity contribution in [3.05, 3.63) is 35.4 Å². The molecule has 0 aromatic heterocycles. The third-order valence-electron chi connectivity index (χ3n) is 4.94. The molecule has 2 rings (SSSR count). The van der Waals surface area contributed by atoms with E-state index in [-0.39, 0.29) is 0 Å². The molecular formula is C18H29N. The van der Waals surface area contributed by atoms with Crippen molar-refractivity contribution in [2.45, 2.75) is 53.0 Å². The fraction of sp³-hybridized carbons (Fsp3) is 0.667. The van der Waals surface area contributed by atoms with Crippen molar-refractivity contribution >= 4 is 0 Å². The molecule has 0 heterocycles. The first kappa shape index (κ1) is 14.6. The van der Waals surface area contributed by atoms with E-state index in [1.807, 2.05) is 0 Å². The van der Waals surface area contributed by atoms with Crippen LogP contribution in [0.15, 0.2) is 24.3 Å². The standard InChI is InChI=1S/C18H29N/c1-5-19-18(16-8-6-7-13(2)11-16)17-10-9-14(3)15(4)12-17/h6-8,11,14-15,17-19H,5,9-10,12H2,1-4H3. The minimum absolute atomic E-state index is 0.542. The van der Waals surface area contributed by atoms with Gasteiger partial charge in [-0.3, -0.25) is 0 Å². The molecule has 0 amide bonds. The van der Waals surface area contributed by atoms with Crippen molar-refractivity contribution in [1.29, 1.82) is 0 Å². The van der Waals surface area contributed by atoms with Crippen LogP contribution in [0.3, 0.4) is 0 Å². The van der Waals surface area contributed by atoms with Crippen LogP contribution in [0.5, 0.6) is 0 Å². The molecule has 19 heavy (non-hydrogen) atoms. The minimum Gasteiger partial charge on any atom is -0.310 e. The first-order chi connectivity index (χ1) is 9.11. The predicted molar refractivity (Wildman–Crippen MR) is 83.3 cm³/mol. The Morgan fingerprint density at radius 3 is 2.63 bits per heavy atom. The van der Waals surface area contributed by atoms with E-state index in [2.05, 4.69) is 57.3 Å². The zero-order valence-corrected chi connectivity index (χ0v) is 12.9. The normalized spacial score (nSPS) is 29.2. The van der Waals surface area contributed by atoms with Crippen molar-refractivity contribution < 1.29 is 0 Å². The van der Waals surface area contributed by atoms with E-state index in [0.717, 1.165) is 24.3 Å². The maximum atomic E-state index is 3.73. The first-order valence-electron chi connectivity index (χ1n) is 7.91. The summed E-state index contributed by atoms with van der Waals surface area (Å²) in [5, 5.41) is 3.73. The third kappa shape index (κ3) is 3.60. The number of benzene rings is 1. The van der Waals surface area contributed by atoms with Crippen LogP contribution in [0, 0.1) is 24.7 Å². The molecule has 4 atom stereocenters. The number of aryl methyl sites for hydroxylation is 1. The lowest BCUT2D eigenvalue weighted by molar-refractivity contribution is 0.172. The van der Waals surface area contributed by atoms with Crippen LogP contribution in [0.4, 0.5) is 0 Å². The summed E-state index contributed by atoms with van der Waals surface area (Å²) in [6, 6.07) is 9.58. The molecule has 1 aromatic carbocycles. The van der Waals surface area contributed by atoms with Gasteiger partial charge in [-0.1, -0.05) is 57.0 Å². The van der Waals surface area contributed by atoms with E-state index in [1.165, 1.54) is 30.4 Å². The van der Waals surface area contributed by atoms with Crippen LogP contribution in [0.1, 0.15) is 57.2 Å². The topological polar surface area (TPSA) is 12.0 Å². The fourth-order valence-electron chi connectivity index (χ4n) is 3.53. The Bertz CT molecular complexity index is 398. The summed E-state index contributed by atoms with van der Waals surface area (Å²) in [6.45, 7) is 10.3. The van der Waals surface area contributed by atoms with Gasteiger partial charge in [0.25, 0.3) is 0 Å². The summed E-state index contributed by atoms with van der Waals surface area (Å²) >= 11 is 0. The van der Waals surface area contributed by atoms with Crippen LogP contribution < -0.4 is 5.32 Å². The van der Waals surface area contributed by atoms with Crippen molar-refractivity contribution in [2.75, 3.05) is 6.54 Å². The lowest BCUT2D eigenvalue weighted by atomic mass is 9.72. The van der Waals surface area contributed by atoms with Crippen molar-refractivity contribution in [2.24, 2.45) is 17.8 Å². The molecule has 1 fully saturated rings. The van der Waals surface area contributed by atoms with Gasteiger partial charge in [0.2, 0.25) is 0 Å². The summed E-state index contributed by atoms with van der Waals surface area (Å²) in [6.07, 6.45) is 4.13. The number of rotatable bonds is 4. The second-order valence-electron chi connectivity index (χ2n) is 6.48. The van der Waals surface area contributed by atoms with E-state index in [0.29, 0.717) is 6.04 Å². The molecule has 1 heteroatoms. The second kappa shape index (κ2) is 6.56. The Kier molecular flexibility index (Phi) is 5.04. The quantitative estimate of drug-likeness (QED) is 0.825. The van der Waals surface area contributed by atoms with Gasteiger partial charge in [-0.25, -0.2) is 0 Å². The highest BCUT2D eigenvalue weighted by Crippen LogP contribution is 2.39. The number of hydrogen-bond donors (Lipinski definition) is 1. The zero-order valence-electron chi connectivity index (χ0n) is 12.9. The average Bonchev–Trinajstić information content (AvgIpc) is 2.39. The van der Waals surface area contributed by atoms with Crippen LogP contribution >= 0.6 is 0 Å². The Morgan fingerprint density at radius 2 is 2.00 bits per heavy atom. The molecule has 0 spiro atoms. The molecule has 1 aliphatic carbocycles. The van der Waals surface area contributed by atoms with Crippen LogP contribution in [0.25, 0.3) is 0 Å². The van der Waals surface area contributed by atoms with Gasteiger partial charge in [0.05, 0.1) is 0 Å². The Hall–Kier alpha value is -0.820. The van der Waals surface area contributed by atoms with Gasteiger partial charge in [0.1, 0.15) is 0 Å². The molecule has 0 saturated heterocycles. The molecule has 0 aliphatic heterocycles. The van der Waals surface area contributed by atoms with Gasteiger partial charge >= 0.3 is 0 Å². The molecular weight excluding hydrogens is 230 g/mol. The van der Waals surface area contributed by atoms with Crippen LogP contribution in [-0.2, 0) is 0 Å². The summed E-state index contributed by atoms with van der Waals surface area (Å²) in [7, 11) is 0. The maximum absolute atomic E-state index is 3.73. The van der Waals surface area contributed by atoms with Crippen molar-refractivity contribution in [3.8, 4) is 0 Å². The molecule has 1 aliphatic rings.